The summed E-state index contributed by atoms with van der Waals surface area (Å²) in [6.07, 6.45) is 0.385. The number of hydrogen-bond donors (Lipinski definition) is 1. The molecule has 0 aliphatic carbocycles. The van der Waals surface area contributed by atoms with Gasteiger partial charge in [-0.25, -0.2) is 18.7 Å². The highest BCUT2D eigenvalue weighted by Crippen LogP contribution is 2.36. The lowest BCUT2D eigenvalue weighted by Crippen LogP contribution is -2.43. The van der Waals surface area contributed by atoms with Crippen LogP contribution in [0.25, 0.3) is 0 Å². The Bertz CT molecular complexity index is 1150. The molecule has 0 saturated carbocycles. The highest BCUT2D eigenvalue weighted by Gasteiger charge is 2.43. The van der Waals surface area contributed by atoms with Gasteiger partial charge in [0.05, 0.1) is 16.6 Å². The van der Waals surface area contributed by atoms with E-state index in [9.17, 15) is 18.4 Å². The van der Waals surface area contributed by atoms with Gasteiger partial charge in [0, 0.05) is 11.6 Å². The molecule has 9 heteroatoms. The van der Waals surface area contributed by atoms with E-state index in [4.69, 9.17) is 0 Å². The number of halogens is 2. The first-order valence-corrected chi connectivity index (χ1v) is 11.2. The summed E-state index contributed by atoms with van der Waals surface area (Å²) in [4.78, 5) is 36.8. The Morgan fingerprint density at radius 3 is 2.69 bits per heavy atom. The molecule has 0 fully saturated rings. The zero-order chi connectivity index (χ0) is 23.0. The van der Waals surface area contributed by atoms with Crippen LogP contribution in [0.15, 0.2) is 52.4 Å². The molecule has 166 valence electrons. The molecule has 4 rings (SSSR count). The molecule has 0 unspecified atom stereocenters. The van der Waals surface area contributed by atoms with Crippen LogP contribution in [0.1, 0.15) is 32.8 Å². The molecule has 0 aromatic heterocycles. The lowest BCUT2D eigenvalue weighted by Gasteiger charge is -2.27. The van der Waals surface area contributed by atoms with Crippen LogP contribution >= 0.6 is 11.8 Å². The Labute approximate surface area is 188 Å². The minimum atomic E-state index is -0.729. The van der Waals surface area contributed by atoms with Gasteiger partial charge in [-0.3, -0.25) is 14.6 Å². The van der Waals surface area contributed by atoms with Crippen molar-refractivity contribution >= 4 is 46.0 Å². The molecule has 1 N–H and O–H groups in total. The topological polar surface area (TPSA) is 74.1 Å². The molecule has 0 saturated heterocycles. The van der Waals surface area contributed by atoms with Gasteiger partial charge in [0.1, 0.15) is 23.5 Å². The molecule has 32 heavy (non-hydrogen) atoms. The van der Waals surface area contributed by atoms with Crippen LogP contribution in [0, 0.1) is 17.6 Å². The summed E-state index contributed by atoms with van der Waals surface area (Å²) < 4.78 is 27.5. The lowest BCUT2D eigenvalue weighted by molar-refractivity contribution is -0.125. The van der Waals surface area contributed by atoms with E-state index in [0.29, 0.717) is 23.1 Å². The van der Waals surface area contributed by atoms with Crippen molar-refractivity contribution in [1.82, 2.24) is 4.90 Å². The van der Waals surface area contributed by atoms with Gasteiger partial charge in [-0.1, -0.05) is 44.7 Å². The Kier molecular flexibility index (Phi) is 6.10. The van der Waals surface area contributed by atoms with Crippen molar-refractivity contribution in [2.75, 3.05) is 5.32 Å². The van der Waals surface area contributed by atoms with Crippen LogP contribution in [0.5, 0.6) is 0 Å². The van der Waals surface area contributed by atoms with E-state index in [1.165, 1.54) is 4.90 Å². The fourth-order valence-electron chi connectivity index (χ4n) is 3.54. The van der Waals surface area contributed by atoms with Crippen molar-refractivity contribution in [3.63, 3.8) is 0 Å². The average molecular weight is 457 g/mol. The maximum Gasteiger partial charge on any atom is 0.259 e. The van der Waals surface area contributed by atoms with E-state index in [-0.39, 0.29) is 17.5 Å². The number of fused-ring (bicyclic) bond motifs is 3. The Morgan fingerprint density at radius 2 is 1.97 bits per heavy atom. The predicted molar refractivity (Wildman–Crippen MR) is 122 cm³/mol. The van der Waals surface area contributed by atoms with Crippen molar-refractivity contribution in [3.05, 3.63) is 59.7 Å². The van der Waals surface area contributed by atoms with Gasteiger partial charge in [-0.05, 0) is 36.6 Å². The summed E-state index contributed by atoms with van der Waals surface area (Å²) in [7, 11) is 0. The maximum atomic E-state index is 14.0. The normalized spacial score (nSPS) is 18.1. The number of benzene rings is 2. The molecular formula is C23H22F2N4O2S. The highest BCUT2D eigenvalue weighted by atomic mass is 32.2. The van der Waals surface area contributed by atoms with Crippen molar-refractivity contribution in [2.24, 2.45) is 15.9 Å². The van der Waals surface area contributed by atoms with Crippen molar-refractivity contribution in [1.29, 1.82) is 0 Å². The van der Waals surface area contributed by atoms with Crippen LogP contribution in [0.4, 0.5) is 20.2 Å². The fraction of sp³-hybridized carbons (Fsp3) is 0.304. The van der Waals surface area contributed by atoms with E-state index in [1.807, 2.05) is 38.1 Å². The van der Waals surface area contributed by atoms with Crippen LogP contribution in [-0.2, 0) is 9.59 Å². The monoisotopic (exact) mass is 456 g/mol. The van der Waals surface area contributed by atoms with Gasteiger partial charge in [-0.15, -0.1) is 0 Å². The Balaban J connectivity index is 1.64. The molecule has 0 spiro atoms. The number of carbonyl (C=O) groups is 2. The third-order valence-corrected chi connectivity index (χ3v) is 6.54. The SMILES string of the molecule is CC[C@H](SC1=Nc2ccccc2C2=N[C@H](C(C)C)C(=O)N12)C(=O)Nc1cc(F)ccc1F. The molecule has 2 heterocycles. The van der Waals surface area contributed by atoms with Gasteiger partial charge in [0.15, 0.2) is 5.17 Å². The van der Waals surface area contributed by atoms with Crippen molar-refractivity contribution < 1.29 is 18.4 Å². The van der Waals surface area contributed by atoms with Crippen LogP contribution in [0.2, 0.25) is 0 Å². The first-order valence-electron chi connectivity index (χ1n) is 10.3. The van der Waals surface area contributed by atoms with E-state index in [1.54, 1.807) is 6.92 Å². The highest BCUT2D eigenvalue weighted by molar-refractivity contribution is 8.15. The van der Waals surface area contributed by atoms with Gasteiger partial charge in [0.25, 0.3) is 5.91 Å². The standard InChI is InChI=1S/C23H22F2N4O2S/c1-4-18(21(30)26-17-11-13(24)9-10-15(17)25)32-23-27-16-8-6-5-7-14(16)20-28-19(12(2)3)22(31)29(20)23/h5-12,18-19H,4H2,1-3H3,(H,26,30)/t18-,19+/m0/s1. The predicted octanol–water partition coefficient (Wildman–Crippen LogP) is 4.73. The molecule has 6 nitrogen and oxygen atoms in total. The minimum absolute atomic E-state index is 0.000218. The van der Waals surface area contributed by atoms with E-state index in [2.05, 4.69) is 15.3 Å². The molecule has 2 aliphatic rings. The van der Waals surface area contributed by atoms with E-state index in [0.717, 1.165) is 35.5 Å². The van der Waals surface area contributed by atoms with Crippen molar-refractivity contribution in [2.45, 2.75) is 38.5 Å². The first kappa shape index (κ1) is 22.1. The zero-order valence-corrected chi connectivity index (χ0v) is 18.6. The largest absolute Gasteiger partial charge is 0.323 e. The summed E-state index contributed by atoms with van der Waals surface area (Å²) in [5, 5.41) is 2.10. The number of aliphatic imine (C=N–C) groups is 2. The number of nitrogens with one attached hydrogen (secondary N) is 1. The second-order valence-electron chi connectivity index (χ2n) is 7.85. The molecule has 0 bridgehead atoms. The van der Waals surface area contributed by atoms with Gasteiger partial charge < -0.3 is 5.32 Å². The molecule has 2 aliphatic heterocycles. The second kappa shape index (κ2) is 8.82. The quantitative estimate of drug-likeness (QED) is 0.707. The molecule has 2 amide bonds. The molecule has 0 radical (unpaired) electrons. The number of amidine groups is 2. The van der Waals surface area contributed by atoms with Gasteiger partial charge in [-0.2, -0.15) is 0 Å². The number of amides is 2. The average Bonchev–Trinajstić information content (AvgIpc) is 3.12. The third-order valence-electron chi connectivity index (χ3n) is 5.23. The number of rotatable bonds is 5. The number of para-hydroxylation sites is 1. The fourth-order valence-corrected chi connectivity index (χ4v) is 4.56. The van der Waals surface area contributed by atoms with Crippen molar-refractivity contribution in [3.8, 4) is 0 Å². The van der Waals surface area contributed by atoms with Crippen LogP contribution in [0.3, 0.4) is 0 Å². The maximum absolute atomic E-state index is 14.0. The molecule has 2 aromatic rings. The number of nitrogens with zero attached hydrogens (tertiary/aromatic N) is 3. The zero-order valence-electron chi connectivity index (χ0n) is 17.8. The molecular weight excluding hydrogens is 434 g/mol. The van der Waals surface area contributed by atoms with Gasteiger partial charge in [0.2, 0.25) is 5.91 Å². The summed E-state index contributed by atoms with van der Waals surface area (Å²) in [5.74, 6) is -1.56. The Hall–Kier alpha value is -3.07. The lowest BCUT2D eigenvalue weighted by atomic mass is 10.1. The Morgan fingerprint density at radius 1 is 1.22 bits per heavy atom. The minimum Gasteiger partial charge on any atom is -0.323 e. The third kappa shape index (κ3) is 4.04. The number of carbonyl (C=O) groups excluding carboxylic acids is 2. The smallest absolute Gasteiger partial charge is 0.259 e. The van der Waals surface area contributed by atoms with E-state index >= 15 is 0 Å². The summed E-state index contributed by atoms with van der Waals surface area (Å²) >= 11 is 1.11. The number of anilines is 1. The number of thioether (sulfide) groups is 1. The molecule has 2 aromatic carbocycles. The van der Waals surface area contributed by atoms with Crippen LogP contribution < -0.4 is 5.32 Å². The second-order valence-corrected chi connectivity index (χ2v) is 9.02. The van der Waals surface area contributed by atoms with E-state index < -0.39 is 28.8 Å². The summed E-state index contributed by atoms with van der Waals surface area (Å²) in [6.45, 7) is 5.65. The van der Waals surface area contributed by atoms with Crippen LogP contribution in [-0.4, -0.2) is 39.0 Å². The number of hydrogen-bond acceptors (Lipinski definition) is 5. The summed E-state index contributed by atoms with van der Waals surface area (Å²) in [6, 6.07) is 9.73. The summed E-state index contributed by atoms with van der Waals surface area (Å²) in [5.41, 5.74) is 1.19. The van der Waals surface area contributed by atoms with Gasteiger partial charge >= 0.3 is 0 Å². The molecule has 2 atom stereocenters. The first-order chi connectivity index (χ1) is 15.3.